The number of nitrogen functional groups attached to an aromatic ring is 1. The zero-order chi connectivity index (χ0) is 14.7. The number of nitrogens with two attached hydrogens (primary N) is 1. The number of methoxy groups -OCH3 is 1. The van der Waals surface area contributed by atoms with Gasteiger partial charge in [0.25, 0.3) is 5.91 Å². The van der Waals surface area contributed by atoms with E-state index in [4.69, 9.17) is 22.1 Å². The molecule has 0 unspecified atom stereocenters. The van der Waals surface area contributed by atoms with Crippen LogP contribution in [0.1, 0.15) is 10.4 Å². The molecule has 0 fully saturated rings. The Hall–Kier alpha value is -2.27. The van der Waals surface area contributed by atoms with Crippen LogP contribution in [0.2, 0.25) is 5.02 Å². The van der Waals surface area contributed by atoms with E-state index < -0.39 is 5.82 Å². The third-order valence-electron chi connectivity index (χ3n) is 2.67. The van der Waals surface area contributed by atoms with Gasteiger partial charge in [-0.05, 0) is 36.4 Å². The Morgan fingerprint density at radius 2 is 2.05 bits per heavy atom. The lowest BCUT2D eigenvalue weighted by Gasteiger charge is -2.08. The van der Waals surface area contributed by atoms with E-state index in [1.165, 1.54) is 31.4 Å². The monoisotopic (exact) mass is 294 g/mol. The van der Waals surface area contributed by atoms with Gasteiger partial charge in [0.05, 0.1) is 17.8 Å². The van der Waals surface area contributed by atoms with E-state index in [-0.39, 0.29) is 10.9 Å². The van der Waals surface area contributed by atoms with Gasteiger partial charge in [0, 0.05) is 11.3 Å². The van der Waals surface area contributed by atoms with Gasteiger partial charge in [-0.1, -0.05) is 11.6 Å². The van der Waals surface area contributed by atoms with Gasteiger partial charge < -0.3 is 15.8 Å². The van der Waals surface area contributed by atoms with Gasteiger partial charge in [0.15, 0.2) is 0 Å². The largest absolute Gasteiger partial charge is 0.495 e. The average molecular weight is 295 g/mol. The summed E-state index contributed by atoms with van der Waals surface area (Å²) in [5.41, 5.74) is 6.85. The van der Waals surface area contributed by atoms with Gasteiger partial charge in [-0.15, -0.1) is 0 Å². The summed E-state index contributed by atoms with van der Waals surface area (Å²) >= 11 is 5.65. The third kappa shape index (κ3) is 3.00. The van der Waals surface area contributed by atoms with E-state index in [2.05, 4.69) is 5.32 Å². The van der Waals surface area contributed by atoms with Gasteiger partial charge in [0.2, 0.25) is 0 Å². The van der Waals surface area contributed by atoms with Crippen molar-refractivity contribution in [2.75, 3.05) is 18.2 Å². The first kappa shape index (κ1) is 14.1. The summed E-state index contributed by atoms with van der Waals surface area (Å²) in [7, 11) is 1.49. The molecule has 3 N–H and O–H groups in total. The molecule has 6 heteroatoms. The van der Waals surface area contributed by atoms with Crippen LogP contribution in [0.3, 0.4) is 0 Å². The highest BCUT2D eigenvalue weighted by molar-refractivity contribution is 6.31. The third-order valence-corrected chi connectivity index (χ3v) is 2.96. The normalized spacial score (nSPS) is 10.2. The van der Waals surface area contributed by atoms with E-state index in [0.29, 0.717) is 22.7 Å². The summed E-state index contributed by atoms with van der Waals surface area (Å²) in [5.74, 6) is -0.424. The van der Waals surface area contributed by atoms with Crippen molar-refractivity contribution in [1.82, 2.24) is 0 Å². The SMILES string of the molecule is COc1ccc(C(=O)Nc2ccc(F)c(Cl)c2)cc1N. The van der Waals surface area contributed by atoms with Crippen LogP contribution in [-0.2, 0) is 0 Å². The minimum Gasteiger partial charge on any atom is -0.495 e. The van der Waals surface area contributed by atoms with Crippen LogP contribution in [-0.4, -0.2) is 13.0 Å². The van der Waals surface area contributed by atoms with Gasteiger partial charge in [0.1, 0.15) is 11.6 Å². The van der Waals surface area contributed by atoms with Crippen molar-refractivity contribution in [3.8, 4) is 5.75 Å². The molecule has 20 heavy (non-hydrogen) atoms. The number of carbonyl (C=O) groups is 1. The van der Waals surface area contributed by atoms with Crippen molar-refractivity contribution in [1.29, 1.82) is 0 Å². The van der Waals surface area contributed by atoms with Gasteiger partial charge in [-0.25, -0.2) is 4.39 Å². The van der Waals surface area contributed by atoms with Gasteiger partial charge in [-0.3, -0.25) is 4.79 Å². The zero-order valence-electron chi connectivity index (χ0n) is 10.6. The number of ether oxygens (including phenoxy) is 1. The molecule has 2 aromatic rings. The van der Waals surface area contributed by atoms with Crippen molar-refractivity contribution in [3.63, 3.8) is 0 Å². The predicted octanol–water partition coefficient (Wildman–Crippen LogP) is 3.32. The highest BCUT2D eigenvalue weighted by Crippen LogP contribution is 2.23. The second-order valence-corrected chi connectivity index (χ2v) is 4.45. The molecule has 0 heterocycles. The summed E-state index contributed by atoms with van der Waals surface area (Å²) in [5, 5.41) is 2.55. The molecule has 2 rings (SSSR count). The van der Waals surface area contributed by atoms with Crippen LogP contribution >= 0.6 is 11.6 Å². The number of anilines is 2. The molecule has 0 spiro atoms. The second kappa shape index (κ2) is 5.79. The molecule has 2 aromatic carbocycles. The van der Waals surface area contributed by atoms with E-state index in [1.54, 1.807) is 12.1 Å². The lowest BCUT2D eigenvalue weighted by molar-refractivity contribution is 0.102. The molecule has 104 valence electrons. The van der Waals surface area contributed by atoms with Crippen molar-refractivity contribution in [2.24, 2.45) is 0 Å². The molecule has 0 aliphatic rings. The van der Waals surface area contributed by atoms with Crippen molar-refractivity contribution in [3.05, 3.63) is 52.8 Å². The molecule has 0 radical (unpaired) electrons. The van der Waals surface area contributed by atoms with Gasteiger partial charge in [-0.2, -0.15) is 0 Å². The molecule has 0 aromatic heterocycles. The molecular weight excluding hydrogens is 283 g/mol. The van der Waals surface area contributed by atoms with Crippen LogP contribution in [0.25, 0.3) is 0 Å². The number of halogens is 2. The summed E-state index contributed by atoms with van der Waals surface area (Å²) in [6, 6.07) is 8.62. The Morgan fingerprint density at radius 1 is 1.30 bits per heavy atom. The quantitative estimate of drug-likeness (QED) is 0.854. The average Bonchev–Trinajstić information content (AvgIpc) is 2.42. The standard InChI is InChI=1S/C14H12ClFN2O2/c1-20-13-5-2-8(6-12(13)17)14(19)18-9-3-4-11(16)10(15)7-9/h2-7H,17H2,1H3,(H,18,19). The fourth-order valence-electron chi connectivity index (χ4n) is 1.65. The predicted molar refractivity (Wildman–Crippen MR) is 76.8 cm³/mol. The first-order valence-electron chi connectivity index (χ1n) is 5.71. The lowest BCUT2D eigenvalue weighted by atomic mass is 10.1. The molecule has 0 aliphatic heterocycles. The molecule has 0 atom stereocenters. The Bertz CT molecular complexity index is 662. The van der Waals surface area contributed by atoms with Crippen LogP contribution < -0.4 is 15.8 Å². The van der Waals surface area contributed by atoms with Crippen LogP contribution in [0.4, 0.5) is 15.8 Å². The van der Waals surface area contributed by atoms with E-state index >= 15 is 0 Å². The van der Waals surface area contributed by atoms with E-state index in [1.807, 2.05) is 0 Å². The van der Waals surface area contributed by atoms with Gasteiger partial charge >= 0.3 is 0 Å². The van der Waals surface area contributed by atoms with E-state index in [0.717, 1.165) is 0 Å². The summed E-state index contributed by atoms with van der Waals surface area (Å²) < 4.78 is 18.0. The summed E-state index contributed by atoms with van der Waals surface area (Å²) in [6.45, 7) is 0. The van der Waals surface area contributed by atoms with Crippen LogP contribution in [0.15, 0.2) is 36.4 Å². The summed E-state index contributed by atoms with van der Waals surface area (Å²) in [4.78, 5) is 12.0. The number of rotatable bonds is 3. The number of hydrogen-bond donors (Lipinski definition) is 2. The molecule has 0 bridgehead atoms. The number of carbonyl (C=O) groups excluding carboxylic acids is 1. The minimum absolute atomic E-state index is 0.0583. The fourth-order valence-corrected chi connectivity index (χ4v) is 1.83. The smallest absolute Gasteiger partial charge is 0.255 e. The Balaban J connectivity index is 2.19. The molecule has 1 amide bonds. The molecule has 4 nitrogen and oxygen atoms in total. The maximum Gasteiger partial charge on any atom is 0.255 e. The number of benzene rings is 2. The molecule has 0 saturated carbocycles. The van der Waals surface area contributed by atoms with Crippen molar-refractivity contribution >= 4 is 28.9 Å². The number of nitrogens with one attached hydrogen (secondary N) is 1. The molecule has 0 saturated heterocycles. The zero-order valence-corrected chi connectivity index (χ0v) is 11.4. The first-order chi connectivity index (χ1) is 9.51. The first-order valence-corrected chi connectivity index (χ1v) is 6.09. The number of amides is 1. The number of hydrogen-bond acceptors (Lipinski definition) is 3. The Kier molecular flexibility index (Phi) is 4.10. The van der Waals surface area contributed by atoms with Crippen molar-refractivity contribution in [2.45, 2.75) is 0 Å². The Morgan fingerprint density at radius 3 is 2.65 bits per heavy atom. The fraction of sp³-hybridized carbons (Fsp3) is 0.0714. The highest BCUT2D eigenvalue weighted by atomic mass is 35.5. The molecular formula is C14H12ClFN2O2. The topological polar surface area (TPSA) is 64.3 Å². The maximum atomic E-state index is 13.0. The van der Waals surface area contributed by atoms with E-state index in [9.17, 15) is 9.18 Å². The van der Waals surface area contributed by atoms with Crippen LogP contribution in [0.5, 0.6) is 5.75 Å². The second-order valence-electron chi connectivity index (χ2n) is 4.04. The minimum atomic E-state index is -0.543. The molecule has 0 aliphatic carbocycles. The summed E-state index contributed by atoms with van der Waals surface area (Å²) in [6.07, 6.45) is 0. The highest BCUT2D eigenvalue weighted by Gasteiger charge is 2.10. The lowest BCUT2D eigenvalue weighted by Crippen LogP contribution is -2.12. The van der Waals surface area contributed by atoms with Crippen molar-refractivity contribution < 1.29 is 13.9 Å². The Labute approximate surface area is 120 Å². The van der Waals surface area contributed by atoms with Crippen LogP contribution in [0, 0.1) is 5.82 Å². The maximum absolute atomic E-state index is 13.0.